The first-order valence-electron chi connectivity index (χ1n) is 12.1. The Kier molecular flexibility index (Phi) is 7.71. The van der Waals surface area contributed by atoms with Gasteiger partial charge in [0.1, 0.15) is 23.0 Å². The van der Waals surface area contributed by atoms with Crippen LogP contribution in [0.15, 0.2) is 102 Å². The van der Waals surface area contributed by atoms with Crippen molar-refractivity contribution in [3.05, 3.63) is 125 Å². The smallest absolute Gasteiger partial charge is 0.294 e. The molecule has 0 fully saturated rings. The van der Waals surface area contributed by atoms with E-state index in [4.69, 9.17) is 9.47 Å². The third-order valence-corrected chi connectivity index (χ3v) is 7.79. The van der Waals surface area contributed by atoms with Gasteiger partial charge in [-0.3, -0.25) is 4.55 Å². The summed E-state index contributed by atoms with van der Waals surface area (Å²) in [5.41, 5.74) is 4.28. The molecule has 0 aliphatic heterocycles. The second kappa shape index (κ2) is 10.8. The molecule has 1 atom stereocenters. The van der Waals surface area contributed by atoms with E-state index in [0.717, 1.165) is 11.1 Å². The molecule has 1 unspecified atom stereocenters. The van der Waals surface area contributed by atoms with Gasteiger partial charge in [-0.05, 0) is 46.0 Å². The Morgan fingerprint density at radius 3 is 2.00 bits per heavy atom. The molecule has 0 heterocycles. The van der Waals surface area contributed by atoms with Crippen LogP contribution in [0.25, 0.3) is 0 Å². The minimum absolute atomic E-state index is 0.165. The van der Waals surface area contributed by atoms with Crippen molar-refractivity contribution in [2.75, 3.05) is 7.11 Å². The predicted molar refractivity (Wildman–Crippen MR) is 146 cm³/mol. The highest BCUT2D eigenvalue weighted by molar-refractivity contribution is 7.85. The maximum absolute atomic E-state index is 12.1. The van der Waals surface area contributed by atoms with Crippen molar-refractivity contribution >= 4 is 10.1 Å². The van der Waals surface area contributed by atoms with Crippen LogP contribution in [0.3, 0.4) is 0 Å². The van der Waals surface area contributed by atoms with Gasteiger partial charge in [-0.25, -0.2) is 0 Å². The van der Waals surface area contributed by atoms with Crippen LogP contribution in [0.5, 0.6) is 11.5 Å². The molecule has 4 aromatic carbocycles. The van der Waals surface area contributed by atoms with E-state index in [1.54, 1.807) is 12.1 Å². The second-order valence-electron chi connectivity index (χ2n) is 9.65. The van der Waals surface area contributed by atoms with E-state index in [2.05, 4.69) is 55.5 Å². The molecule has 4 rings (SSSR count). The van der Waals surface area contributed by atoms with Gasteiger partial charge in [0.15, 0.2) is 0 Å². The Bertz CT molecular complexity index is 1440. The lowest BCUT2D eigenvalue weighted by Gasteiger charge is -2.28. The van der Waals surface area contributed by atoms with Crippen molar-refractivity contribution in [3.8, 4) is 11.5 Å². The summed E-state index contributed by atoms with van der Waals surface area (Å²) in [7, 11) is -2.98. The van der Waals surface area contributed by atoms with E-state index in [0.29, 0.717) is 29.6 Å². The van der Waals surface area contributed by atoms with Gasteiger partial charge in [-0.2, -0.15) is 8.42 Å². The quantitative estimate of drug-likeness (QED) is 0.243. The molecule has 0 spiro atoms. The predicted octanol–water partition coefficient (Wildman–Crippen LogP) is 7.00. The van der Waals surface area contributed by atoms with Crippen LogP contribution in [-0.4, -0.2) is 20.1 Å². The number of hydrogen-bond acceptors (Lipinski definition) is 4. The third kappa shape index (κ3) is 6.04. The number of methoxy groups -OCH3 is 1. The lowest BCUT2D eigenvalue weighted by molar-refractivity contribution is 0.306. The summed E-state index contributed by atoms with van der Waals surface area (Å²) < 4.78 is 45.1. The molecule has 0 saturated heterocycles. The van der Waals surface area contributed by atoms with Crippen LogP contribution < -0.4 is 9.47 Å². The van der Waals surface area contributed by atoms with Crippen molar-refractivity contribution in [2.45, 2.75) is 43.6 Å². The van der Waals surface area contributed by atoms with Crippen LogP contribution in [0.2, 0.25) is 0 Å². The molecule has 6 heteroatoms. The Balaban J connectivity index is 1.46. The lowest BCUT2D eigenvalue weighted by atomic mass is 9.78. The molecule has 0 aliphatic rings. The standard InChI is InChI=1S/C31H32O5S/c1-22(24-8-6-5-7-9-24)25-12-10-23(11-13-25)21-36-27-16-14-26(15-17-27)31(2,3)29-19-18-28(35-4)20-30(29)37(32,33)34/h5-20,22H,21H2,1-4H3,(H,32,33,34). The van der Waals surface area contributed by atoms with E-state index in [-0.39, 0.29) is 4.90 Å². The SMILES string of the molecule is COc1ccc(C(C)(C)c2ccc(OCc3ccc(C(C)c4ccccc4)cc3)cc2)c(S(=O)(=O)O)c1. The van der Waals surface area contributed by atoms with Crippen LogP contribution in [0, 0.1) is 0 Å². The highest BCUT2D eigenvalue weighted by Gasteiger charge is 2.30. The molecule has 0 aliphatic carbocycles. The van der Waals surface area contributed by atoms with Crippen LogP contribution in [0.1, 0.15) is 54.5 Å². The number of rotatable bonds is 9. The summed E-state index contributed by atoms with van der Waals surface area (Å²) in [4.78, 5) is -0.165. The zero-order valence-electron chi connectivity index (χ0n) is 21.5. The fourth-order valence-electron chi connectivity index (χ4n) is 4.49. The molecule has 0 saturated carbocycles. The first-order chi connectivity index (χ1) is 17.6. The molecule has 0 bridgehead atoms. The summed E-state index contributed by atoms with van der Waals surface area (Å²) in [5.74, 6) is 1.39. The van der Waals surface area contributed by atoms with Gasteiger partial charge in [0.05, 0.1) is 7.11 Å². The zero-order chi connectivity index (χ0) is 26.6. The van der Waals surface area contributed by atoms with Crippen molar-refractivity contribution in [3.63, 3.8) is 0 Å². The Hall–Kier alpha value is -3.61. The minimum Gasteiger partial charge on any atom is -0.497 e. The number of ether oxygens (including phenoxy) is 2. The minimum atomic E-state index is -4.43. The summed E-state index contributed by atoms with van der Waals surface area (Å²) in [6.07, 6.45) is 0. The molecule has 4 aromatic rings. The molecule has 0 aromatic heterocycles. The normalized spacial score (nSPS) is 12.7. The van der Waals surface area contributed by atoms with Gasteiger partial charge in [0, 0.05) is 17.4 Å². The summed E-state index contributed by atoms with van der Waals surface area (Å²) >= 11 is 0. The van der Waals surface area contributed by atoms with Crippen LogP contribution in [0.4, 0.5) is 0 Å². The second-order valence-corrected chi connectivity index (χ2v) is 11.0. The van der Waals surface area contributed by atoms with Crippen LogP contribution >= 0.6 is 0 Å². The van der Waals surface area contributed by atoms with Gasteiger partial charge in [-0.15, -0.1) is 0 Å². The molecule has 5 nitrogen and oxygen atoms in total. The highest BCUT2D eigenvalue weighted by Crippen LogP contribution is 2.37. The van der Waals surface area contributed by atoms with Crippen molar-refractivity contribution in [1.82, 2.24) is 0 Å². The van der Waals surface area contributed by atoms with E-state index in [1.807, 2.05) is 44.2 Å². The average molecular weight is 517 g/mol. The van der Waals surface area contributed by atoms with Gasteiger partial charge in [0.25, 0.3) is 10.1 Å². The largest absolute Gasteiger partial charge is 0.497 e. The summed E-state index contributed by atoms with van der Waals surface area (Å²) in [6.45, 7) is 6.47. The molecule has 37 heavy (non-hydrogen) atoms. The first-order valence-corrected chi connectivity index (χ1v) is 13.6. The highest BCUT2D eigenvalue weighted by atomic mass is 32.2. The monoisotopic (exact) mass is 516 g/mol. The van der Waals surface area contributed by atoms with Crippen molar-refractivity contribution < 1.29 is 22.4 Å². The molecular weight excluding hydrogens is 484 g/mol. The van der Waals surface area contributed by atoms with E-state index >= 15 is 0 Å². The summed E-state index contributed by atoms with van der Waals surface area (Å²) in [5, 5.41) is 0. The Morgan fingerprint density at radius 1 is 0.811 bits per heavy atom. The van der Waals surface area contributed by atoms with Crippen molar-refractivity contribution in [1.29, 1.82) is 0 Å². The van der Waals surface area contributed by atoms with Gasteiger partial charge < -0.3 is 9.47 Å². The lowest BCUT2D eigenvalue weighted by Crippen LogP contribution is -2.22. The molecule has 0 amide bonds. The first kappa shape index (κ1) is 26.5. The topological polar surface area (TPSA) is 72.8 Å². The molecule has 0 radical (unpaired) electrons. The van der Waals surface area contributed by atoms with E-state index < -0.39 is 15.5 Å². The van der Waals surface area contributed by atoms with Crippen LogP contribution in [-0.2, 0) is 22.1 Å². The molecule has 192 valence electrons. The van der Waals surface area contributed by atoms with E-state index in [9.17, 15) is 13.0 Å². The molecule has 1 N–H and O–H groups in total. The Morgan fingerprint density at radius 2 is 1.41 bits per heavy atom. The van der Waals surface area contributed by atoms with Gasteiger partial charge in [0.2, 0.25) is 0 Å². The fraction of sp³-hybridized carbons (Fsp3) is 0.226. The van der Waals surface area contributed by atoms with Gasteiger partial charge >= 0.3 is 0 Å². The maximum atomic E-state index is 12.1. The fourth-order valence-corrected chi connectivity index (χ4v) is 5.35. The van der Waals surface area contributed by atoms with E-state index in [1.165, 1.54) is 24.3 Å². The van der Waals surface area contributed by atoms with Crippen molar-refractivity contribution in [2.24, 2.45) is 0 Å². The molecular formula is C31H32O5S. The van der Waals surface area contributed by atoms with Gasteiger partial charge in [-0.1, -0.05) is 93.6 Å². The maximum Gasteiger partial charge on any atom is 0.294 e. The Labute approximate surface area is 219 Å². The number of benzene rings is 4. The zero-order valence-corrected chi connectivity index (χ0v) is 22.3. The number of hydrogen-bond donors (Lipinski definition) is 1. The average Bonchev–Trinajstić information content (AvgIpc) is 2.91. The summed E-state index contributed by atoms with van der Waals surface area (Å²) in [6, 6.07) is 31.2. The third-order valence-electron chi connectivity index (χ3n) is 6.90.